The zero-order valence-electron chi connectivity index (χ0n) is 25.4. The molecule has 0 radical (unpaired) electrons. The van der Waals surface area contributed by atoms with E-state index in [1.165, 1.54) is 4.90 Å². The van der Waals surface area contributed by atoms with Crippen LogP contribution in [-0.2, 0) is 25.5 Å². The second-order valence-corrected chi connectivity index (χ2v) is 13.7. The summed E-state index contributed by atoms with van der Waals surface area (Å²) in [4.78, 5) is 42.2. The van der Waals surface area contributed by atoms with E-state index in [1.807, 2.05) is 46.9 Å². The number of ether oxygens (including phenoxy) is 1. The maximum absolute atomic E-state index is 14.5. The molecule has 42 heavy (non-hydrogen) atoms. The third kappa shape index (κ3) is 4.47. The van der Waals surface area contributed by atoms with Crippen molar-refractivity contribution in [2.75, 3.05) is 27.0 Å². The summed E-state index contributed by atoms with van der Waals surface area (Å²) in [6.07, 6.45) is 1.46. The molecule has 10 nitrogen and oxygen atoms in total. The van der Waals surface area contributed by atoms with E-state index in [9.17, 15) is 34.8 Å². The summed E-state index contributed by atoms with van der Waals surface area (Å²) in [6.45, 7) is 9.71. The number of aliphatic hydroxyl groups excluding tert-OH is 2. The standard InChI is InChI=1S/C31H42N2O8S/c1-9-10-41-26-17-13(2)16-14(12-42-8)11-15(30(3,4)5)23(34)18(16)24(35)19(17)27(37)31(40)21(26)22(33(6)7)25(36)20(28(31)38)29(32)39/h11,13,17,21-22,26,34,36-37,40H,9-10,12H2,1-8H3,(H2,32,39)/t13-,17+,21+,22-,26-,31-/m0/s1. The zero-order chi connectivity index (χ0) is 31.6. The Morgan fingerprint density at radius 1 is 1.19 bits per heavy atom. The number of rotatable bonds is 7. The fourth-order valence-corrected chi connectivity index (χ4v) is 7.70. The molecule has 1 aromatic rings. The van der Waals surface area contributed by atoms with Gasteiger partial charge < -0.3 is 30.9 Å². The van der Waals surface area contributed by atoms with Crippen molar-refractivity contribution in [3.8, 4) is 5.75 Å². The van der Waals surface area contributed by atoms with E-state index in [1.54, 1.807) is 25.9 Å². The third-order valence-electron chi connectivity index (χ3n) is 8.91. The molecular formula is C31H42N2O8S. The second kappa shape index (κ2) is 11.0. The van der Waals surface area contributed by atoms with E-state index in [0.717, 1.165) is 5.56 Å². The maximum Gasteiger partial charge on any atom is 0.255 e. The molecular weight excluding hydrogens is 560 g/mol. The number of benzene rings is 1. The highest BCUT2D eigenvalue weighted by atomic mass is 32.2. The first kappa shape index (κ1) is 32.1. The summed E-state index contributed by atoms with van der Waals surface area (Å²) in [7, 11) is 3.19. The molecule has 1 aromatic carbocycles. The van der Waals surface area contributed by atoms with Crippen molar-refractivity contribution in [3.63, 3.8) is 0 Å². The van der Waals surface area contributed by atoms with Crippen LogP contribution < -0.4 is 5.73 Å². The largest absolute Gasteiger partial charge is 0.510 e. The number of amides is 1. The Hall–Kier alpha value is -2.86. The highest BCUT2D eigenvalue weighted by Crippen LogP contribution is 2.57. The molecule has 0 heterocycles. The van der Waals surface area contributed by atoms with Gasteiger partial charge in [0.25, 0.3) is 5.91 Å². The Balaban J connectivity index is 2.14. The fraction of sp³-hybridized carbons (Fsp3) is 0.581. The van der Waals surface area contributed by atoms with Crippen LogP contribution in [0.2, 0.25) is 0 Å². The van der Waals surface area contributed by atoms with Crippen molar-refractivity contribution < 1.29 is 39.5 Å². The first-order chi connectivity index (χ1) is 19.5. The molecule has 0 bridgehead atoms. The Bertz CT molecular complexity index is 1410. The number of fused-ring (bicyclic) bond motifs is 3. The monoisotopic (exact) mass is 602 g/mol. The number of carbonyl (C=O) groups is 3. The lowest BCUT2D eigenvalue weighted by molar-refractivity contribution is -0.169. The fourth-order valence-electron chi connectivity index (χ4n) is 7.15. The van der Waals surface area contributed by atoms with Crippen molar-refractivity contribution in [1.82, 2.24) is 4.90 Å². The molecule has 0 fully saturated rings. The average Bonchev–Trinajstić information content (AvgIpc) is 2.88. The van der Waals surface area contributed by atoms with Crippen molar-refractivity contribution >= 4 is 29.2 Å². The lowest BCUT2D eigenvalue weighted by atomic mass is 9.54. The van der Waals surface area contributed by atoms with E-state index >= 15 is 0 Å². The van der Waals surface area contributed by atoms with E-state index in [2.05, 4.69) is 0 Å². The zero-order valence-corrected chi connectivity index (χ0v) is 26.3. The molecule has 11 heteroatoms. The molecule has 0 aliphatic heterocycles. The molecule has 230 valence electrons. The average molecular weight is 603 g/mol. The highest BCUT2D eigenvalue weighted by molar-refractivity contribution is 7.97. The number of hydrogen-bond donors (Lipinski definition) is 5. The van der Waals surface area contributed by atoms with Gasteiger partial charge in [-0.2, -0.15) is 11.8 Å². The van der Waals surface area contributed by atoms with Crippen LogP contribution in [0.15, 0.2) is 28.7 Å². The van der Waals surface area contributed by atoms with Gasteiger partial charge in [-0.3, -0.25) is 19.3 Å². The number of thioether (sulfide) groups is 1. The quantitative estimate of drug-likeness (QED) is 0.292. The highest BCUT2D eigenvalue weighted by Gasteiger charge is 2.68. The second-order valence-electron chi connectivity index (χ2n) is 12.8. The van der Waals surface area contributed by atoms with E-state index < -0.39 is 75.5 Å². The molecule has 0 aromatic heterocycles. The topological polar surface area (TPSA) is 171 Å². The third-order valence-corrected chi connectivity index (χ3v) is 9.51. The number of carbonyl (C=O) groups excluding carboxylic acids is 3. The van der Waals surface area contributed by atoms with Crippen LogP contribution in [0, 0.1) is 11.8 Å². The molecule has 6 atom stereocenters. The predicted molar refractivity (Wildman–Crippen MR) is 160 cm³/mol. The number of hydrogen-bond acceptors (Lipinski definition) is 10. The van der Waals surface area contributed by atoms with Crippen molar-refractivity contribution in [2.24, 2.45) is 17.6 Å². The molecule has 3 aliphatic rings. The molecule has 4 rings (SSSR count). The lowest BCUT2D eigenvalue weighted by Gasteiger charge is -2.55. The SMILES string of the molecule is CCCO[C@H]1[C@H]2C(=C(O)[C@]3(O)C(=O)C(C(N)=O)=C(O)[C@@H](N(C)C)[C@H]13)C(=O)c1c(O)c(C(C)(C)C)cc(CSC)c1[C@@H]2C. The number of aliphatic hydroxyl groups is 3. The molecule has 1 amide bonds. The van der Waals surface area contributed by atoms with Gasteiger partial charge in [0.1, 0.15) is 22.8 Å². The molecule has 3 aliphatic carbocycles. The molecule has 0 saturated carbocycles. The van der Waals surface area contributed by atoms with Gasteiger partial charge in [-0.15, -0.1) is 0 Å². The number of likely N-dealkylation sites (N-methyl/N-ethyl adjacent to an activating group) is 1. The number of phenolic OH excluding ortho intramolecular Hbond substituents is 1. The van der Waals surface area contributed by atoms with E-state index in [4.69, 9.17) is 10.5 Å². The lowest BCUT2D eigenvalue weighted by Crippen LogP contribution is -2.69. The molecule has 6 N–H and O–H groups in total. The number of aromatic hydroxyl groups is 1. The smallest absolute Gasteiger partial charge is 0.255 e. The van der Waals surface area contributed by atoms with Crippen molar-refractivity contribution in [1.29, 1.82) is 0 Å². The summed E-state index contributed by atoms with van der Waals surface area (Å²) in [6, 6.07) is 0.761. The Labute approximate surface area is 250 Å². The number of Topliss-reactive ketones (excluding diaryl/α,β-unsaturated/α-hetero) is 2. The Morgan fingerprint density at radius 2 is 1.81 bits per heavy atom. The van der Waals surface area contributed by atoms with Gasteiger partial charge in [0.2, 0.25) is 5.78 Å². The van der Waals surface area contributed by atoms with E-state index in [0.29, 0.717) is 23.3 Å². The van der Waals surface area contributed by atoms with Crippen LogP contribution in [0.1, 0.15) is 74.0 Å². The minimum Gasteiger partial charge on any atom is -0.510 e. The van der Waals surface area contributed by atoms with E-state index in [-0.39, 0.29) is 23.5 Å². The summed E-state index contributed by atoms with van der Waals surface area (Å²) >= 11 is 1.57. The minimum absolute atomic E-state index is 0.0222. The Morgan fingerprint density at radius 3 is 2.31 bits per heavy atom. The predicted octanol–water partition coefficient (Wildman–Crippen LogP) is 3.25. The minimum atomic E-state index is -2.80. The first-order valence-electron chi connectivity index (χ1n) is 14.1. The molecule has 0 spiro atoms. The van der Waals surface area contributed by atoms with Crippen molar-refractivity contribution in [2.45, 2.75) is 75.9 Å². The number of primary amides is 1. The first-order valence-corrected chi connectivity index (χ1v) is 15.5. The number of ketones is 2. The number of nitrogens with zero attached hydrogens (tertiary/aromatic N) is 1. The number of nitrogens with two attached hydrogens (primary N) is 1. The van der Waals surface area contributed by atoms with Gasteiger partial charge in [-0.1, -0.05) is 40.7 Å². The summed E-state index contributed by atoms with van der Waals surface area (Å²) in [5, 5.41) is 46.8. The number of phenols is 1. The van der Waals surface area contributed by atoms with Crippen LogP contribution in [-0.4, -0.2) is 87.5 Å². The van der Waals surface area contributed by atoms with Crippen LogP contribution in [0.25, 0.3) is 0 Å². The summed E-state index contributed by atoms with van der Waals surface area (Å²) < 4.78 is 6.35. The maximum atomic E-state index is 14.5. The molecule has 0 unspecified atom stereocenters. The van der Waals surface area contributed by atoms with Gasteiger partial charge in [0, 0.05) is 29.4 Å². The van der Waals surface area contributed by atoms with Crippen molar-refractivity contribution in [3.05, 3.63) is 51.0 Å². The van der Waals surface area contributed by atoms with Crippen LogP contribution in [0.5, 0.6) is 5.75 Å². The van der Waals surface area contributed by atoms with Crippen LogP contribution in [0.3, 0.4) is 0 Å². The molecule has 0 saturated heterocycles. The Kier molecular flexibility index (Phi) is 8.40. The summed E-state index contributed by atoms with van der Waals surface area (Å²) in [5.41, 5.74) is 3.12. The summed E-state index contributed by atoms with van der Waals surface area (Å²) in [5.74, 6) is -7.14. The van der Waals surface area contributed by atoms with Crippen LogP contribution in [0.4, 0.5) is 0 Å². The van der Waals surface area contributed by atoms with Gasteiger partial charge in [-0.25, -0.2) is 0 Å². The van der Waals surface area contributed by atoms with Gasteiger partial charge in [0.05, 0.1) is 23.6 Å². The van der Waals surface area contributed by atoms with Gasteiger partial charge in [-0.05, 0) is 49.2 Å². The normalized spacial score (nSPS) is 29.5. The van der Waals surface area contributed by atoms with Gasteiger partial charge in [0.15, 0.2) is 11.4 Å². The van der Waals surface area contributed by atoms with Crippen LogP contribution >= 0.6 is 11.8 Å². The van der Waals surface area contributed by atoms with Gasteiger partial charge >= 0.3 is 0 Å².